The number of carbonyl (C=O) groups is 3. The number of hydrogen-bond donors (Lipinski definition) is 0. The predicted octanol–water partition coefficient (Wildman–Crippen LogP) is 11.9. The molecule has 5 heteroatoms. The van der Waals surface area contributed by atoms with Gasteiger partial charge in [-0.1, -0.05) is 194 Å². The highest BCUT2D eigenvalue weighted by Crippen LogP contribution is 2.77. The van der Waals surface area contributed by atoms with Gasteiger partial charge in [-0.2, -0.15) is 0 Å². The van der Waals surface area contributed by atoms with Gasteiger partial charge in [-0.3, -0.25) is 14.4 Å². The third kappa shape index (κ3) is 5.65. The second-order valence-electron chi connectivity index (χ2n) is 17.7. The molecule has 4 aliphatic rings. The molecule has 6 unspecified atom stereocenters. The van der Waals surface area contributed by atoms with E-state index < -0.39 is 33.7 Å². The van der Waals surface area contributed by atoms with Crippen molar-refractivity contribution in [2.75, 3.05) is 6.61 Å². The minimum absolute atomic E-state index is 0.0132. The normalized spacial score (nSPS) is 26.1. The zero-order valence-electron chi connectivity index (χ0n) is 35.1. The summed E-state index contributed by atoms with van der Waals surface area (Å²) in [4.78, 5) is 46.7. The number of carbonyl (C=O) groups excluding carboxylic acids is 3. The van der Waals surface area contributed by atoms with E-state index in [1.165, 1.54) is 0 Å². The Labute approximate surface area is 368 Å². The van der Waals surface area contributed by atoms with Crippen LogP contribution in [0.3, 0.4) is 0 Å². The van der Waals surface area contributed by atoms with Gasteiger partial charge in [0.05, 0.1) is 18.4 Å². The van der Waals surface area contributed by atoms with Crippen molar-refractivity contribution in [1.82, 2.24) is 0 Å². The van der Waals surface area contributed by atoms with Gasteiger partial charge < -0.3 is 9.47 Å². The Morgan fingerprint density at radius 3 is 1.68 bits per heavy atom. The van der Waals surface area contributed by atoms with Crippen molar-refractivity contribution >= 4 is 29.4 Å². The Balaban J connectivity index is 1.25. The minimum Gasteiger partial charge on any atom is -0.481 e. The minimum atomic E-state index is -1.31. The van der Waals surface area contributed by atoms with Gasteiger partial charge in [-0.05, 0) is 59.2 Å². The van der Waals surface area contributed by atoms with Crippen molar-refractivity contribution in [3.8, 4) is 0 Å². The number of ketones is 2. The lowest BCUT2D eigenvalue weighted by atomic mass is 9.45. The third-order valence-electron chi connectivity index (χ3n) is 14.7. The number of hydrogen-bond acceptors (Lipinski definition) is 5. The van der Waals surface area contributed by atoms with Gasteiger partial charge in [-0.25, -0.2) is 0 Å². The molecule has 6 atom stereocenters. The van der Waals surface area contributed by atoms with Gasteiger partial charge in [0.15, 0.2) is 11.6 Å². The lowest BCUT2D eigenvalue weighted by Gasteiger charge is -2.59. The predicted molar refractivity (Wildman–Crippen MR) is 245 cm³/mol. The molecule has 0 amide bonds. The largest absolute Gasteiger partial charge is 0.481 e. The Morgan fingerprint density at radius 1 is 0.540 bits per heavy atom. The van der Waals surface area contributed by atoms with Gasteiger partial charge in [0, 0.05) is 39.5 Å². The average Bonchev–Trinajstić information content (AvgIpc) is 4.01. The molecule has 3 spiro atoms. The first-order valence-electron chi connectivity index (χ1n) is 22.0. The molecule has 11 rings (SSSR count). The molecule has 63 heavy (non-hydrogen) atoms. The summed E-state index contributed by atoms with van der Waals surface area (Å²) in [7, 11) is 0. The molecule has 1 saturated carbocycles. The van der Waals surface area contributed by atoms with Gasteiger partial charge in [0.1, 0.15) is 16.8 Å². The van der Waals surface area contributed by atoms with Crippen molar-refractivity contribution in [3.05, 3.63) is 250 Å². The van der Waals surface area contributed by atoms with Crippen LogP contribution < -0.4 is 0 Å². The Kier molecular flexibility index (Phi) is 9.09. The topological polar surface area (TPSA) is 69.7 Å². The molecule has 0 saturated heterocycles. The van der Waals surface area contributed by atoms with Crippen LogP contribution in [0, 0.1) is 0 Å². The fourth-order valence-electron chi connectivity index (χ4n) is 12.2. The quantitative estimate of drug-likeness (QED) is 0.113. The fraction of sp³-hybridized carbons (Fsp3) is 0.190. The molecular formula is C58H46O5. The molecule has 5 nitrogen and oxygen atoms in total. The summed E-state index contributed by atoms with van der Waals surface area (Å²) in [6.45, 7) is 2.09. The SMILES string of the molecule is CCOC(=O)C1(c2ccccc2)CC12CC1(CC3(OC(c4ccccc4)=Cc4ccccc43)C(C(=O)c3ccccc3)c3ccccc31)C(C(=O)c1ccccc1)c1ccccc12. The van der Waals surface area contributed by atoms with Crippen LogP contribution in [0.25, 0.3) is 11.8 Å². The summed E-state index contributed by atoms with van der Waals surface area (Å²) in [5, 5.41) is 0. The van der Waals surface area contributed by atoms with Gasteiger partial charge in [0.2, 0.25) is 0 Å². The molecular weight excluding hydrogens is 777 g/mol. The van der Waals surface area contributed by atoms with Crippen LogP contribution in [0.4, 0.5) is 0 Å². The number of fused-ring (bicyclic) bond motifs is 6. The van der Waals surface area contributed by atoms with Crippen LogP contribution in [-0.4, -0.2) is 24.1 Å². The second-order valence-corrected chi connectivity index (χ2v) is 17.7. The fourth-order valence-corrected chi connectivity index (χ4v) is 12.2. The Morgan fingerprint density at radius 2 is 1.05 bits per heavy atom. The molecule has 3 aliphatic carbocycles. The highest BCUT2D eigenvalue weighted by atomic mass is 16.5. The molecule has 7 aromatic carbocycles. The summed E-state index contributed by atoms with van der Waals surface area (Å²) < 4.78 is 13.8. The maximum absolute atomic E-state index is 16.0. The summed E-state index contributed by atoms with van der Waals surface area (Å²) in [6, 6.07) is 64.0. The third-order valence-corrected chi connectivity index (χ3v) is 14.7. The van der Waals surface area contributed by atoms with E-state index >= 15 is 9.59 Å². The smallest absolute Gasteiger partial charge is 0.317 e. The van der Waals surface area contributed by atoms with E-state index in [4.69, 9.17) is 9.47 Å². The van der Waals surface area contributed by atoms with Crippen LogP contribution >= 0.6 is 0 Å². The molecule has 308 valence electrons. The van der Waals surface area contributed by atoms with Crippen LogP contribution in [0.2, 0.25) is 0 Å². The first-order chi connectivity index (χ1) is 30.9. The van der Waals surface area contributed by atoms with Crippen molar-refractivity contribution < 1.29 is 23.9 Å². The highest BCUT2D eigenvalue weighted by molar-refractivity contribution is 6.06. The molecule has 0 bridgehead atoms. The summed E-state index contributed by atoms with van der Waals surface area (Å²) in [6.07, 6.45) is 3.28. The number of rotatable bonds is 8. The lowest BCUT2D eigenvalue weighted by molar-refractivity contribution is -0.147. The summed E-state index contributed by atoms with van der Waals surface area (Å²) in [5.74, 6) is -1.21. The molecule has 1 aliphatic heterocycles. The van der Waals surface area contributed by atoms with E-state index in [2.05, 4.69) is 42.5 Å². The first kappa shape index (κ1) is 38.8. The van der Waals surface area contributed by atoms with Crippen LogP contribution in [0.1, 0.15) is 103 Å². The second kappa shape index (κ2) is 14.8. The monoisotopic (exact) mass is 822 g/mol. The Hall–Kier alpha value is -7.11. The maximum atomic E-state index is 16.0. The standard InChI is InChI=1S/C58H46O5/c1-2-62-54(61)57(43-28-13-6-14-29-43)38-56(57)36-55(50(45-31-17-20-34-48(45)56)52(59)40-23-9-4-10-24-40)37-58(46-32-18-15-27-42(46)35-49(63-58)39-21-7-3-8-22-39)51(44-30-16-19-33-47(44)55)53(60)41-25-11-5-12-26-41/h3-35,50-51H,2,36-38H2,1H3. The average molecular weight is 823 g/mol. The maximum Gasteiger partial charge on any atom is 0.317 e. The molecule has 0 radical (unpaired) electrons. The van der Waals surface area contributed by atoms with E-state index in [1.54, 1.807) is 0 Å². The van der Waals surface area contributed by atoms with E-state index in [0.717, 1.165) is 44.5 Å². The van der Waals surface area contributed by atoms with Crippen LogP contribution in [0.15, 0.2) is 194 Å². The first-order valence-corrected chi connectivity index (χ1v) is 22.0. The number of benzene rings is 7. The molecule has 0 N–H and O–H groups in total. The van der Waals surface area contributed by atoms with Crippen molar-refractivity contribution in [2.24, 2.45) is 0 Å². The lowest BCUT2D eigenvalue weighted by Crippen LogP contribution is -2.58. The van der Waals surface area contributed by atoms with E-state index in [0.29, 0.717) is 29.7 Å². The van der Waals surface area contributed by atoms with E-state index in [9.17, 15) is 4.79 Å². The van der Waals surface area contributed by atoms with Crippen LogP contribution in [0.5, 0.6) is 0 Å². The van der Waals surface area contributed by atoms with E-state index in [1.807, 2.05) is 165 Å². The van der Waals surface area contributed by atoms with Gasteiger partial charge >= 0.3 is 5.97 Å². The zero-order chi connectivity index (χ0) is 42.8. The number of ether oxygens (including phenoxy) is 2. The van der Waals surface area contributed by atoms with E-state index in [-0.39, 0.29) is 30.6 Å². The summed E-state index contributed by atoms with van der Waals surface area (Å²) in [5.41, 5.74) is 4.32. The summed E-state index contributed by atoms with van der Waals surface area (Å²) >= 11 is 0. The van der Waals surface area contributed by atoms with Crippen LogP contribution in [-0.2, 0) is 36.1 Å². The number of Topliss-reactive ketones (excluding diaryl/α,β-unsaturated/α-hetero) is 2. The van der Waals surface area contributed by atoms with Crippen molar-refractivity contribution in [2.45, 2.75) is 59.9 Å². The van der Waals surface area contributed by atoms with Gasteiger partial charge in [-0.15, -0.1) is 0 Å². The van der Waals surface area contributed by atoms with Crippen molar-refractivity contribution in [3.63, 3.8) is 0 Å². The van der Waals surface area contributed by atoms with Crippen molar-refractivity contribution in [1.29, 1.82) is 0 Å². The Bertz CT molecular complexity index is 2940. The highest BCUT2D eigenvalue weighted by Gasteiger charge is 2.79. The zero-order valence-corrected chi connectivity index (χ0v) is 35.1. The van der Waals surface area contributed by atoms with Gasteiger partial charge in [0.25, 0.3) is 0 Å². The molecule has 0 aromatic heterocycles. The molecule has 7 aromatic rings. The molecule has 1 heterocycles. The molecule has 1 fully saturated rings. The number of esters is 1.